The summed E-state index contributed by atoms with van der Waals surface area (Å²) >= 11 is 0. The summed E-state index contributed by atoms with van der Waals surface area (Å²) in [5.74, 6) is 0.117. The minimum absolute atomic E-state index is 0.0478. The summed E-state index contributed by atoms with van der Waals surface area (Å²) in [7, 11) is -2.07. The molecule has 1 rings (SSSR count). The maximum absolute atomic E-state index is 12.0. The summed E-state index contributed by atoms with van der Waals surface area (Å²) < 4.78 is 31.2. The predicted molar refractivity (Wildman–Crippen MR) is 85.3 cm³/mol. The summed E-state index contributed by atoms with van der Waals surface area (Å²) in [5.41, 5.74) is 0.434. The van der Waals surface area contributed by atoms with Crippen molar-refractivity contribution in [3.63, 3.8) is 0 Å². The summed E-state index contributed by atoms with van der Waals surface area (Å²) in [5, 5.41) is 2.88. The Labute approximate surface area is 132 Å². The van der Waals surface area contributed by atoms with Crippen LogP contribution in [0.25, 0.3) is 0 Å². The highest BCUT2D eigenvalue weighted by atomic mass is 32.2. The molecule has 0 aliphatic rings. The number of ether oxygens (including phenoxy) is 1. The Balaban J connectivity index is 2.76. The topological polar surface area (TPSA) is 84.5 Å². The second kappa shape index (κ2) is 8.26. The van der Waals surface area contributed by atoms with Crippen molar-refractivity contribution in [1.29, 1.82) is 0 Å². The molecular formula is C15H24N2O4S. The number of amides is 1. The van der Waals surface area contributed by atoms with Crippen LogP contribution < -0.4 is 10.0 Å². The monoisotopic (exact) mass is 328 g/mol. The van der Waals surface area contributed by atoms with Gasteiger partial charge >= 0.3 is 0 Å². The fourth-order valence-electron chi connectivity index (χ4n) is 1.60. The molecule has 0 bridgehead atoms. The average Bonchev–Trinajstić information content (AvgIpc) is 2.47. The lowest BCUT2D eigenvalue weighted by Gasteiger charge is -2.17. The second-order valence-electron chi connectivity index (χ2n) is 5.42. The van der Waals surface area contributed by atoms with Crippen molar-refractivity contribution >= 4 is 15.9 Å². The Morgan fingerprint density at radius 2 is 1.77 bits per heavy atom. The van der Waals surface area contributed by atoms with Crippen LogP contribution in [-0.2, 0) is 14.8 Å². The molecule has 1 amide bonds. The molecular weight excluding hydrogens is 304 g/mol. The average molecular weight is 328 g/mol. The molecule has 0 fully saturated rings. The summed E-state index contributed by atoms with van der Waals surface area (Å²) in [6, 6.07) is 5.90. The highest BCUT2D eigenvalue weighted by Crippen LogP contribution is 2.11. The van der Waals surface area contributed by atoms with Crippen molar-refractivity contribution in [2.45, 2.75) is 31.7 Å². The van der Waals surface area contributed by atoms with E-state index in [9.17, 15) is 13.2 Å². The highest BCUT2D eigenvalue weighted by molar-refractivity contribution is 7.89. The van der Waals surface area contributed by atoms with Crippen LogP contribution in [0.4, 0.5) is 0 Å². The molecule has 1 aromatic carbocycles. The van der Waals surface area contributed by atoms with Gasteiger partial charge in [-0.25, -0.2) is 13.1 Å². The van der Waals surface area contributed by atoms with E-state index >= 15 is 0 Å². The van der Waals surface area contributed by atoms with Crippen molar-refractivity contribution < 1.29 is 17.9 Å². The molecule has 0 spiro atoms. The van der Waals surface area contributed by atoms with E-state index < -0.39 is 10.0 Å². The van der Waals surface area contributed by atoms with Gasteiger partial charge in [0.15, 0.2) is 0 Å². The third-order valence-corrected chi connectivity index (χ3v) is 4.86. The number of sulfonamides is 1. The molecule has 0 aliphatic heterocycles. The van der Waals surface area contributed by atoms with Gasteiger partial charge in [0.1, 0.15) is 0 Å². The van der Waals surface area contributed by atoms with E-state index in [0.29, 0.717) is 18.1 Å². The number of rotatable bonds is 8. The van der Waals surface area contributed by atoms with Crippen molar-refractivity contribution in [2.75, 3.05) is 20.3 Å². The largest absolute Gasteiger partial charge is 0.383 e. The first kappa shape index (κ1) is 18.6. The Bertz CT molecular complexity index is 582. The quantitative estimate of drug-likeness (QED) is 0.706. The molecule has 2 N–H and O–H groups in total. The number of nitrogens with one attached hydrogen (secondary N) is 2. The van der Waals surface area contributed by atoms with Crippen LogP contribution in [0.5, 0.6) is 0 Å². The molecule has 22 heavy (non-hydrogen) atoms. The van der Waals surface area contributed by atoms with Gasteiger partial charge in [0.2, 0.25) is 10.0 Å². The standard InChI is InChI=1S/C15H24N2O4S/c1-11(2)12(3)17-15(18)13-5-7-14(8-6-13)22(19,20)16-9-10-21-4/h5-8,11-12,16H,9-10H2,1-4H3,(H,17,18). The molecule has 0 aromatic heterocycles. The predicted octanol–water partition coefficient (Wildman–Crippen LogP) is 1.39. The van der Waals surface area contributed by atoms with E-state index in [2.05, 4.69) is 10.0 Å². The van der Waals surface area contributed by atoms with Gasteiger partial charge in [0, 0.05) is 25.3 Å². The van der Waals surface area contributed by atoms with Crippen LogP contribution >= 0.6 is 0 Å². The SMILES string of the molecule is COCCNS(=O)(=O)c1ccc(C(=O)NC(C)C(C)C)cc1. The van der Waals surface area contributed by atoms with Crippen molar-refractivity contribution in [3.8, 4) is 0 Å². The van der Waals surface area contributed by atoms with E-state index in [4.69, 9.17) is 4.74 Å². The van der Waals surface area contributed by atoms with Gasteiger partial charge in [-0.15, -0.1) is 0 Å². The van der Waals surface area contributed by atoms with Crippen LogP contribution in [0.3, 0.4) is 0 Å². The zero-order chi connectivity index (χ0) is 16.8. The molecule has 0 saturated heterocycles. The number of hydrogen-bond acceptors (Lipinski definition) is 4. The van der Waals surface area contributed by atoms with Crippen molar-refractivity contribution in [2.24, 2.45) is 5.92 Å². The molecule has 0 radical (unpaired) electrons. The highest BCUT2D eigenvalue weighted by Gasteiger charge is 2.16. The van der Waals surface area contributed by atoms with Crippen LogP contribution in [0.15, 0.2) is 29.2 Å². The number of methoxy groups -OCH3 is 1. The zero-order valence-electron chi connectivity index (χ0n) is 13.4. The molecule has 0 saturated carbocycles. The Hall–Kier alpha value is -1.44. The van der Waals surface area contributed by atoms with E-state index in [1.54, 1.807) is 0 Å². The van der Waals surface area contributed by atoms with Gasteiger partial charge in [-0.3, -0.25) is 4.79 Å². The van der Waals surface area contributed by atoms with E-state index in [-0.39, 0.29) is 23.4 Å². The van der Waals surface area contributed by atoms with Gasteiger partial charge in [-0.1, -0.05) is 13.8 Å². The fraction of sp³-hybridized carbons (Fsp3) is 0.533. The maximum Gasteiger partial charge on any atom is 0.251 e. The lowest BCUT2D eigenvalue weighted by molar-refractivity contribution is 0.0930. The number of benzene rings is 1. The van der Waals surface area contributed by atoms with E-state index in [1.165, 1.54) is 31.4 Å². The molecule has 6 nitrogen and oxygen atoms in total. The first-order valence-electron chi connectivity index (χ1n) is 7.17. The van der Waals surface area contributed by atoms with E-state index in [0.717, 1.165) is 0 Å². The minimum Gasteiger partial charge on any atom is -0.383 e. The molecule has 1 aromatic rings. The Kier molecular flexibility index (Phi) is 6.99. The van der Waals surface area contributed by atoms with Crippen LogP contribution in [0, 0.1) is 5.92 Å². The summed E-state index contributed by atoms with van der Waals surface area (Å²) in [4.78, 5) is 12.2. The van der Waals surface area contributed by atoms with Gasteiger partial charge in [-0.05, 0) is 37.1 Å². The number of carbonyl (C=O) groups excluding carboxylic acids is 1. The minimum atomic E-state index is -3.57. The molecule has 0 heterocycles. The van der Waals surface area contributed by atoms with E-state index in [1.807, 2.05) is 20.8 Å². The smallest absolute Gasteiger partial charge is 0.251 e. The molecule has 1 atom stereocenters. The fourth-order valence-corrected chi connectivity index (χ4v) is 2.62. The number of carbonyl (C=O) groups is 1. The zero-order valence-corrected chi connectivity index (χ0v) is 14.2. The van der Waals surface area contributed by atoms with Gasteiger partial charge in [0.25, 0.3) is 5.91 Å². The molecule has 7 heteroatoms. The van der Waals surface area contributed by atoms with Gasteiger partial charge in [-0.2, -0.15) is 0 Å². The van der Waals surface area contributed by atoms with Gasteiger partial charge in [0.05, 0.1) is 11.5 Å². The van der Waals surface area contributed by atoms with Crippen molar-refractivity contribution in [3.05, 3.63) is 29.8 Å². The summed E-state index contributed by atoms with van der Waals surface area (Å²) in [6.07, 6.45) is 0. The first-order chi connectivity index (χ1) is 10.3. The summed E-state index contributed by atoms with van der Waals surface area (Å²) in [6.45, 7) is 6.47. The maximum atomic E-state index is 12.0. The lowest BCUT2D eigenvalue weighted by atomic mass is 10.1. The number of hydrogen-bond donors (Lipinski definition) is 2. The first-order valence-corrected chi connectivity index (χ1v) is 8.65. The third kappa shape index (κ3) is 5.40. The Morgan fingerprint density at radius 1 is 1.18 bits per heavy atom. The molecule has 1 unspecified atom stereocenters. The third-order valence-electron chi connectivity index (χ3n) is 3.38. The van der Waals surface area contributed by atoms with Gasteiger partial charge < -0.3 is 10.1 Å². The van der Waals surface area contributed by atoms with Crippen LogP contribution in [-0.4, -0.2) is 40.6 Å². The molecule has 124 valence electrons. The van der Waals surface area contributed by atoms with Crippen molar-refractivity contribution in [1.82, 2.24) is 10.0 Å². The lowest BCUT2D eigenvalue weighted by Crippen LogP contribution is -2.36. The molecule has 0 aliphatic carbocycles. The normalized spacial score (nSPS) is 13.1. The second-order valence-corrected chi connectivity index (χ2v) is 7.19. The van der Waals surface area contributed by atoms with Crippen LogP contribution in [0.2, 0.25) is 0 Å². The van der Waals surface area contributed by atoms with Crippen LogP contribution in [0.1, 0.15) is 31.1 Å². The Morgan fingerprint density at radius 3 is 2.27 bits per heavy atom.